The van der Waals surface area contributed by atoms with Crippen molar-refractivity contribution in [1.29, 1.82) is 0 Å². The van der Waals surface area contributed by atoms with Crippen LogP contribution < -0.4 is 29.6 Å². The first-order chi connectivity index (χ1) is 1.73. The zero-order valence-electron chi connectivity index (χ0n) is 2.92. The van der Waals surface area contributed by atoms with Crippen LogP contribution in [0.3, 0.4) is 0 Å². The number of hydrogen-bond donors (Lipinski definition) is 3. The van der Waals surface area contributed by atoms with E-state index in [4.69, 9.17) is 15.1 Å². The van der Waals surface area contributed by atoms with Gasteiger partial charge in [0.25, 0.3) is 0 Å². The van der Waals surface area contributed by atoms with E-state index in [-0.39, 0.29) is 29.6 Å². The quantitative estimate of drug-likeness (QED) is 0.258. The van der Waals surface area contributed by atoms with Gasteiger partial charge in [-0.1, -0.05) is 0 Å². The van der Waals surface area contributed by atoms with Gasteiger partial charge in [0, 0.05) is 0 Å². The predicted octanol–water partition coefficient (Wildman–Crippen LogP) is -5.05. The summed E-state index contributed by atoms with van der Waals surface area (Å²) in [5.41, 5.74) is 0. The zero-order chi connectivity index (χ0) is 3.58. The first kappa shape index (κ1) is 9.34. The maximum atomic E-state index is 7.17. The van der Waals surface area contributed by atoms with Crippen molar-refractivity contribution >= 4 is 7.32 Å². The molecule has 0 aliphatic heterocycles. The Hall–Kier alpha value is 0.945. The molecule has 3 nitrogen and oxygen atoms in total. The molecule has 0 aromatic carbocycles. The second-order valence-corrected chi connectivity index (χ2v) is 0.346. The zero-order valence-corrected chi connectivity index (χ0v) is 4.92. The summed E-state index contributed by atoms with van der Waals surface area (Å²) in [6, 6.07) is 0. The molecule has 0 aromatic heterocycles. The van der Waals surface area contributed by atoms with Crippen LogP contribution in [0.2, 0.25) is 0 Å². The molecule has 0 unspecified atom stereocenters. The van der Waals surface area contributed by atoms with Crippen LogP contribution in [0.4, 0.5) is 0 Å². The van der Waals surface area contributed by atoms with Crippen molar-refractivity contribution in [3.8, 4) is 0 Å². The van der Waals surface area contributed by atoms with Crippen molar-refractivity contribution in [2.75, 3.05) is 0 Å². The van der Waals surface area contributed by atoms with Crippen LogP contribution in [0, 0.1) is 0 Å². The van der Waals surface area contributed by atoms with E-state index in [1.54, 1.807) is 0 Å². The molecule has 0 spiro atoms. The molecule has 5 heteroatoms. The minimum atomic E-state index is -2.17. The van der Waals surface area contributed by atoms with Crippen LogP contribution in [0.5, 0.6) is 0 Å². The van der Waals surface area contributed by atoms with Gasteiger partial charge in [0.05, 0.1) is 0 Å². The van der Waals surface area contributed by atoms with E-state index in [0.717, 1.165) is 0 Å². The molecule has 0 heterocycles. The van der Waals surface area contributed by atoms with Gasteiger partial charge in [-0.15, -0.1) is 0 Å². The third-order valence-electron chi connectivity index (χ3n) is 0. The summed E-state index contributed by atoms with van der Waals surface area (Å²) in [5.74, 6) is 0. The molecule has 0 saturated carbocycles. The van der Waals surface area contributed by atoms with Crippen molar-refractivity contribution in [3.05, 3.63) is 0 Å². The van der Waals surface area contributed by atoms with Gasteiger partial charge in [-0.25, -0.2) is 0 Å². The largest absolute Gasteiger partial charge is 1.00 e. The molecule has 0 fully saturated rings. The summed E-state index contributed by atoms with van der Waals surface area (Å²) < 4.78 is 0. The van der Waals surface area contributed by atoms with Gasteiger partial charge in [-0.3, -0.25) is 0 Å². The smallest absolute Gasteiger partial charge is 0.402 e. The molecule has 0 saturated heterocycles. The molecule has 5 heavy (non-hydrogen) atoms. The van der Waals surface area contributed by atoms with Gasteiger partial charge in [0.1, 0.15) is 0 Å². The fourth-order valence-electron chi connectivity index (χ4n) is 0. The third-order valence-corrected chi connectivity index (χ3v) is 0. The monoisotopic (exact) mass is 85.0 g/mol. The third kappa shape index (κ3) is 48.0. The van der Waals surface area contributed by atoms with Crippen LogP contribution in [0.15, 0.2) is 0 Å². The average molecular weight is 84.8 g/mol. The Labute approximate surface area is 52.1 Å². The van der Waals surface area contributed by atoms with E-state index < -0.39 is 7.32 Å². The molecule has 0 amide bonds. The van der Waals surface area contributed by atoms with Crippen LogP contribution in [0.25, 0.3) is 0 Å². The molecular formula is H3BNaO3+. The summed E-state index contributed by atoms with van der Waals surface area (Å²) >= 11 is 0. The number of hydrogen-bond acceptors (Lipinski definition) is 3. The summed E-state index contributed by atoms with van der Waals surface area (Å²) in [6.07, 6.45) is 0. The van der Waals surface area contributed by atoms with Gasteiger partial charge < -0.3 is 15.1 Å². The fraction of sp³-hybridized carbons (Fsp3) is 0. The summed E-state index contributed by atoms with van der Waals surface area (Å²) in [5, 5.41) is 21.5. The van der Waals surface area contributed by atoms with Crippen LogP contribution in [0.1, 0.15) is 0 Å². The molecule has 3 N–H and O–H groups in total. The summed E-state index contributed by atoms with van der Waals surface area (Å²) in [7, 11) is -2.17. The van der Waals surface area contributed by atoms with Gasteiger partial charge in [-0.2, -0.15) is 0 Å². The Kier molecular flexibility index (Phi) is 9.24. The van der Waals surface area contributed by atoms with Gasteiger partial charge >= 0.3 is 36.9 Å². The van der Waals surface area contributed by atoms with E-state index in [1.807, 2.05) is 0 Å². The first-order valence-electron chi connectivity index (χ1n) is 0.775. The van der Waals surface area contributed by atoms with E-state index in [2.05, 4.69) is 0 Å². The topological polar surface area (TPSA) is 60.7 Å². The SMILES string of the molecule is OB(O)O.[Na+]. The van der Waals surface area contributed by atoms with Gasteiger partial charge in [0.15, 0.2) is 0 Å². The second kappa shape index (κ2) is 4.94. The fourth-order valence-corrected chi connectivity index (χ4v) is 0. The Morgan fingerprint density at radius 3 is 1.00 bits per heavy atom. The van der Waals surface area contributed by atoms with E-state index >= 15 is 0 Å². The molecule has 0 bridgehead atoms. The minimum Gasteiger partial charge on any atom is -0.402 e. The molecule has 0 rings (SSSR count). The molecule has 0 aliphatic rings. The van der Waals surface area contributed by atoms with Gasteiger partial charge in [0.2, 0.25) is 0 Å². The predicted molar refractivity (Wildman–Crippen MR) is 12.4 cm³/mol. The number of rotatable bonds is 0. The average Bonchev–Trinajstić information content (AvgIpc) is 0.811. The van der Waals surface area contributed by atoms with Crippen molar-refractivity contribution in [1.82, 2.24) is 0 Å². The van der Waals surface area contributed by atoms with Crippen LogP contribution >= 0.6 is 0 Å². The molecule has 0 radical (unpaired) electrons. The summed E-state index contributed by atoms with van der Waals surface area (Å²) in [4.78, 5) is 0. The van der Waals surface area contributed by atoms with Crippen molar-refractivity contribution in [2.45, 2.75) is 0 Å². The Morgan fingerprint density at radius 2 is 1.00 bits per heavy atom. The van der Waals surface area contributed by atoms with Crippen molar-refractivity contribution in [3.63, 3.8) is 0 Å². The Balaban J connectivity index is 0. The van der Waals surface area contributed by atoms with Gasteiger partial charge in [-0.05, 0) is 0 Å². The molecule has 0 aromatic rings. The minimum absolute atomic E-state index is 0. The van der Waals surface area contributed by atoms with E-state index in [1.165, 1.54) is 0 Å². The standard InChI is InChI=1S/BH3O3.Na/c2-1(3)4;/h2-4H;/q;+1. The second-order valence-electron chi connectivity index (χ2n) is 0.346. The Morgan fingerprint density at radius 1 is 1.00 bits per heavy atom. The first-order valence-corrected chi connectivity index (χ1v) is 0.775. The van der Waals surface area contributed by atoms with Crippen molar-refractivity contribution in [2.24, 2.45) is 0 Å². The van der Waals surface area contributed by atoms with Crippen LogP contribution in [-0.2, 0) is 0 Å². The Bertz CT molecular complexity index is 11.6. The molecule has 0 atom stereocenters. The molecule has 24 valence electrons. The maximum Gasteiger partial charge on any atom is 1.00 e. The molecular weight excluding hydrogens is 81.8 g/mol. The molecule has 0 aliphatic carbocycles. The van der Waals surface area contributed by atoms with Crippen LogP contribution in [-0.4, -0.2) is 22.4 Å². The normalized spacial score (nSPS) is 5.40. The van der Waals surface area contributed by atoms with E-state index in [0.29, 0.717) is 0 Å². The summed E-state index contributed by atoms with van der Waals surface area (Å²) in [6.45, 7) is 0. The van der Waals surface area contributed by atoms with E-state index in [9.17, 15) is 0 Å². The van der Waals surface area contributed by atoms with Crippen molar-refractivity contribution < 1.29 is 44.6 Å². The maximum absolute atomic E-state index is 7.17.